The van der Waals surface area contributed by atoms with Gasteiger partial charge >= 0.3 is 0 Å². The van der Waals surface area contributed by atoms with Gasteiger partial charge in [-0.1, -0.05) is 30.3 Å². The van der Waals surface area contributed by atoms with E-state index >= 15 is 0 Å². The quantitative estimate of drug-likeness (QED) is 0.712. The van der Waals surface area contributed by atoms with Crippen LogP contribution in [0.15, 0.2) is 59.2 Å². The second kappa shape index (κ2) is 4.25. The molecule has 0 unspecified atom stereocenters. The SMILES string of the molecule is c1ccc2c(c1)CNC[C@@H]2c1ccc2occc2c1. The van der Waals surface area contributed by atoms with E-state index in [0.717, 1.165) is 18.7 Å². The molecule has 0 amide bonds. The molecule has 0 spiro atoms. The van der Waals surface area contributed by atoms with E-state index in [1.54, 1.807) is 6.26 Å². The Hall–Kier alpha value is -2.06. The highest BCUT2D eigenvalue weighted by Crippen LogP contribution is 2.31. The van der Waals surface area contributed by atoms with Gasteiger partial charge in [-0.05, 0) is 34.9 Å². The van der Waals surface area contributed by atoms with E-state index in [1.165, 1.54) is 22.1 Å². The standard InChI is InChI=1S/C17H15NO/c1-2-4-15-14(3-1)10-18-11-16(15)12-5-6-17-13(9-12)7-8-19-17/h1-9,16,18H,10-11H2/t16-/m1/s1. The zero-order chi connectivity index (χ0) is 12.7. The zero-order valence-electron chi connectivity index (χ0n) is 10.6. The summed E-state index contributed by atoms with van der Waals surface area (Å²) in [7, 11) is 0. The van der Waals surface area contributed by atoms with Crippen LogP contribution in [-0.4, -0.2) is 6.54 Å². The summed E-state index contributed by atoms with van der Waals surface area (Å²) >= 11 is 0. The summed E-state index contributed by atoms with van der Waals surface area (Å²) in [6, 6.07) is 17.2. The molecule has 1 N–H and O–H groups in total. The van der Waals surface area contributed by atoms with Gasteiger partial charge in [0.05, 0.1) is 6.26 Å². The molecule has 19 heavy (non-hydrogen) atoms. The molecule has 1 aliphatic rings. The van der Waals surface area contributed by atoms with Crippen LogP contribution in [0.25, 0.3) is 11.0 Å². The number of rotatable bonds is 1. The van der Waals surface area contributed by atoms with Crippen LogP contribution in [0.2, 0.25) is 0 Å². The average molecular weight is 249 g/mol. The highest BCUT2D eigenvalue weighted by Gasteiger charge is 2.21. The van der Waals surface area contributed by atoms with Gasteiger partial charge < -0.3 is 9.73 Å². The molecule has 0 saturated carbocycles. The Morgan fingerprint density at radius 2 is 2.00 bits per heavy atom. The Balaban J connectivity index is 1.84. The summed E-state index contributed by atoms with van der Waals surface area (Å²) in [6.45, 7) is 1.97. The van der Waals surface area contributed by atoms with Crippen molar-refractivity contribution in [3.05, 3.63) is 71.5 Å². The van der Waals surface area contributed by atoms with E-state index in [0.29, 0.717) is 5.92 Å². The molecule has 2 nitrogen and oxygen atoms in total. The van der Waals surface area contributed by atoms with Crippen molar-refractivity contribution in [3.63, 3.8) is 0 Å². The van der Waals surface area contributed by atoms with Crippen LogP contribution in [0.1, 0.15) is 22.6 Å². The van der Waals surface area contributed by atoms with E-state index < -0.39 is 0 Å². The molecule has 0 fully saturated rings. The predicted molar refractivity (Wildman–Crippen MR) is 76.2 cm³/mol. The van der Waals surface area contributed by atoms with Crippen molar-refractivity contribution in [1.29, 1.82) is 0 Å². The molecule has 1 aromatic heterocycles. The van der Waals surface area contributed by atoms with Crippen molar-refractivity contribution in [3.8, 4) is 0 Å². The van der Waals surface area contributed by atoms with E-state index in [-0.39, 0.29) is 0 Å². The minimum absolute atomic E-state index is 0.434. The summed E-state index contributed by atoms with van der Waals surface area (Å²) < 4.78 is 5.41. The minimum atomic E-state index is 0.434. The fourth-order valence-electron chi connectivity index (χ4n) is 3.00. The monoisotopic (exact) mass is 249 g/mol. The fourth-order valence-corrected chi connectivity index (χ4v) is 3.00. The molecule has 0 bridgehead atoms. The van der Waals surface area contributed by atoms with E-state index in [1.807, 2.05) is 6.07 Å². The van der Waals surface area contributed by atoms with Crippen LogP contribution in [0, 0.1) is 0 Å². The lowest BCUT2D eigenvalue weighted by molar-refractivity contribution is 0.591. The van der Waals surface area contributed by atoms with Crippen LogP contribution in [0.3, 0.4) is 0 Å². The van der Waals surface area contributed by atoms with Crippen LogP contribution in [0.5, 0.6) is 0 Å². The lowest BCUT2D eigenvalue weighted by Gasteiger charge is -2.26. The first-order valence-corrected chi connectivity index (χ1v) is 6.67. The maximum absolute atomic E-state index is 5.41. The molecular weight excluding hydrogens is 234 g/mol. The van der Waals surface area contributed by atoms with Crippen molar-refractivity contribution in [2.24, 2.45) is 0 Å². The maximum Gasteiger partial charge on any atom is 0.133 e. The Kier molecular flexibility index (Phi) is 2.42. The van der Waals surface area contributed by atoms with Crippen LogP contribution in [0.4, 0.5) is 0 Å². The van der Waals surface area contributed by atoms with Crippen molar-refractivity contribution in [2.75, 3.05) is 6.54 Å². The van der Waals surface area contributed by atoms with Crippen molar-refractivity contribution >= 4 is 11.0 Å². The molecule has 1 atom stereocenters. The topological polar surface area (TPSA) is 25.2 Å². The highest BCUT2D eigenvalue weighted by atomic mass is 16.3. The number of fused-ring (bicyclic) bond motifs is 2. The van der Waals surface area contributed by atoms with Gasteiger partial charge in [0, 0.05) is 24.4 Å². The maximum atomic E-state index is 5.41. The number of hydrogen-bond acceptors (Lipinski definition) is 2. The lowest BCUT2D eigenvalue weighted by atomic mass is 9.85. The largest absolute Gasteiger partial charge is 0.464 e. The summed E-state index contributed by atoms with van der Waals surface area (Å²) in [5.74, 6) is 0.434. The molecule has 4 rings (SSSR count). The third-order valence-corrected chi connectivity index (χ3v) is 3.97. The van der Waals surface area contributed by atoms with Crippen molar-refractivity contribution in [2.45, 2.75) is 12.5 Å². The van der Waals surface area contributed by atoms with Gasteiger partial charge in [0.25, 0.3) is 0 Å². The molecule has 94 valence electrons. The minimum Gasteiger partial charge on any atom is -0.464 e. The van der Waals surface area contributed by atoms with Crippen LogP contribution < -0.4 is 5.32 Å². The second-order valence-corrected chi connectivity index (χ2v) is 5.10. The molecule has 2 aromatic carbocycles. The molecule has 0 saturated heterocycles. The smallest absolute Gasteiger partial charge is 0.133 e. The lowest BCUT2D eigenvalue weighted by Crippen LogP contribution is -2.28. The number of benzene rings is 2. The van der Waals surface area contributed by atoms with E-state index in [4.69, 9.17) is 4.42 Å². The first-order valence-electron chi connectivity index (χ1n) is 6.67. The normalized spacial score (nSPS) is 18.4. The van der Waals surface area contributed by atoms with Gasteiger partial charge in [-0.15, -0.1) is 0 Å². The molecular formula is C17H15NO. The number of nitrogens with one attached hydrogen (secondary N) is 1. The third-order valence-electron chi connectivity index (χ3n) is 3.97. The van der Waals surface area contributed by atoms with Crippen LogP contribution in [-0.2, 0) is 6.54 Å². The van der Waals surface area contributed by atoms with E-state index in [9.17, 15) is 0 Å². The van der Waals surface area contributed by atoms with Gasteiger partial charge in [-0.25, -0.2) is 0 Å². The molecule has 2 heteroatoms. The van der Waals surface area contributed by atoms with Crippen molar-refractivity contribution < 1.29 is 4.42 Å². The molecule has 1 aliphatic heterocycles. The fraction of sp³-hybridized carbons (Fsp3) is 0.176. The summed E-state index contributed by atoms with van der Waals surface area (Å²) in [6.07, 6.45) is 1.75. The average Bonchev–Trinajstić information content (AvgIpc) is 2.94. The first-order chi connectivity index (χ1) is 9.42. The van der Waals surface area contributed by atoms with Crippen LogP contribution >= 0.6 is 0 Å². The Bertz CT molecular complexity index is 729. The molecule has 0 aliphatic carbocycles. The van der Waals surface area contributed by atoms with Crippen molar-refractivity contribution in [1.82, 2.24) is 5.32 Å². The molecule has 2 heterocycles. The van der Waals surface area contributed by atoms with Gasteiger partial charge in [-0.3, -0.25) is 0 Å². The summed E-state index contributed by atoms with van der Waals surface area (Å²) in [5, 5.41) is 4.69. The Morgan fingerprint density at radius 3 is 3.00 bits per heavy atom. The summed E-state index contributed by atoms with van der Waals surface area (Å²) in [4.78, 5) is 0. The Morgan fingerprint density at radius 1 is 1.05 bits per heavy atom. The predicted octanol–water partition coefficient (Wildman–Crippen LogP) is 3.67. The third kappa shape index (κ3) is 1.76. The van der Waals surface area contributed by atoms with Gasteiger partial charge in [0.15, 0.2) is 0 Å². The van der Waals surface area contributed by atoms with E-state index in [2.05, 4.69) is 47.8 Å². The van der Waals surface area contributed by atoms with Gasteiger partial charge in [-0.2, -0.15) is 0 Å². The van der Waals surface area contributed by atoms with Gasteiger partial charge in [0.1, 0.15) is 5.58 Å². The number of furan rings is 1. The first kappa shape index (κ1) is 10.8. The summed E-state index contributed by atoms with van der Waals surface area (Å²) in [5.41, 5.74) is 5.17. The zero-order valence-corrected chi connectivity index (χ0v) is 10.6. The molecule has 0 radical (unpaired) electrons. The highest BCUT2D eigenvalue weighted by molar-refractivity contribution is 5.78. The number of hydrogen-bond donors (Lipinski definition) is 1. The molecule has 3 aromatic rings. The second-order valence-electron chi connectivity index (χ2n) is 5.10. The van der Waals surface area contributed by atoms with Gasteiger partial charge in [0.2, 0.25) is 0 Å². The Labute approximate surface area is 112 Å².